The van der Waals surface area contributed by atoms with Gasteiger partial charge in [0.25, 0.3) is 0 Å². The summed E-state index contributed by atoms with van der Waals surface area (Å²) in [6.45, 7) is 3.36. The maximum atomic E-state index is 13.3. The molecule has 1 aromatic carbocycles. The van der Waals surface area contributed by atoms with Crippen LogP contribution in [0.25, 0.3) is 0 Å². The molecule has 0 aliphatic heterocycles. The molecule has 3 nitrogen and oxygen atoms in total. The van der Waals surface area contributed by atoms with Crippen molar-refractivity contribution in [3.05, 3.63) is 29.8 Å². The van der Waals surface area contributed by atoms with Crippen molar-refractivity contribution in [3.8, 4) is 0 Å². The quantitative estimate of drug-likeness (QED) is 0.377. The number of benzene rings is 1. The highest BCUT2D eigenvalue weighted by molar-refractivity contribution is 7.99. The molecule has 3 N–H and O–H groups in total. The highest BCUT2D eigenvalue weighted by Crippen LogP contribution is 2.29. The molecule has 1 rings (SSSR count). The van der Waals surface area contributed by atoms with Gasteiger partial charge >= 0.3 is 0 Å². The second kappa shape index (κ2) is 5.46. The number of nitrogens with one attached hydrogen (secondary N) is 1. The van der Waals surface area contributed by atoms with E-state index in [0.717, 1.165) is 30.0 Å². The molecule has 0 saturated carbocycles. The maximum Gasteiger partial charge on any atom is 0.240 e. The summed E-state index contributed by atoms with van der Waals surface area (Å²) in [4.78, 5) is 11.6. The van der Waals surface area contributed by atoms with E-state index in [9.17, 15) is 13.6 Å². The van der Waals surface area contributed by atoms with E-state index in [4.69, 9.17) is 5.84 Å². The minimum atomic E-state index is -0.752. The second-order valence-electron chi connectivity index (χ2n) is 4.22. The topological polar surface area (TPSA) is 55.1 Å². The lowest BCUT2D eigenvalue weighted by Crippen LogP contribution is -2.42. The third-order valence-corrected chi connectivity index (χ3v) is 3.72. The molecule has 0 radical (unpaired) electrons. The van der Waals surface area contributed by atoms with Crippen LogP contribution in [0.4, 0.5) is 8.78 Å². The highest BCUT2D eigenvalue weighted by Gasteiger charge is 2.27. The van der Waals surface area contributed by atoms with E-state index in [0.29, 0.717) is 5.75 Å². The number of hydrazine groups is 1. The Kier molecular flexibility index (Phi) is 4.47. The van der Waals surface area contributed by atoms with Gasteiger partial charge in [-0.15, -0.1) is 11.8 Å². The lowest BCUT2D eigenvalue weighted by atomic mass is 9.96. The Morgan fingerprint density at radius 2 is 2.12 bits per heavy atom. The van der Waals surface area contributed by atoms with Gasteiger partial charge in [-0.3, -0.25) is 10.2 Å². The number of carbonyl (C=O) groups excluding carboxylic acids is 1. The fourth-order valence-corrected chi connectivity index (χ4v) is 2.16. The van der Waals surface area contributed by atoms with E-state index >= 15 is 0 Å². The summed E-state index contributed by atoms with van der Waals surface area (Å²) in [6, 6.07) is 3.22. The van der Waals surface area contributed by atoms with Gasteiger partial charge in [-0.1, -0.05) is 13.8 Å². The van der Waals surface area contributed by atoms with Crippen LogP contribution in [0.3, 0.4) is 0 Å². The lowest BCUT2D eigenvalue weighted by molar-refractivity contribution is -0.128. The molecule has 0 aliphatic carbocycles. The Morgan fingerprint density at radius 1 is 1.47 bits per heavy atom. The number of carbonyl (C=O) groups is 1. The molecule has 0 spiro atoms. The third kappa shape index (κ3) is 3.67. The summed E-state index contributed by atoms with van der Waals surface area (Å²) in [5, 5.41) is 0. The predicted octanol–water partition coefficient (Wildman–Crippen LogP) is 2.07. The molecule has 0 heterocycles. The zero-order valence-electron chi connectivity index (χ0n) is 9.59. The molecule has 0 bridgehead atoms. The van der Waals surface area contributed by atoms with Crippen LogP contribution in [-0.2, 0) is 4.79 Å². The van der Waals surface area contributed by atoms with Crippen molar-refractivity contribution in [1.29, 1.82) is 0 Å². The molecule has 1 aromatic rings. The maximum absolute atomic E-state index is 13.3. The van der Waals surface area contributed by atoms with E-state index in [1.54, 1.807) is 13.8 Å². The molecular formula is C11H14F2N2OS. The molecule has 1 amide bonds. The Balaban J connectivity index is 2.73. The van der Waals surface area contributed by atoms with Gasteiger partial charge < -0.3 is 0 Å². The number of halogens is 2. The largest absolute Gasteiger partial charge is 0.294 e. The van der Waals surface area contributed by atoms with E-state index in [2.05, 4.69) is 0 Å². The SMILES string of the molecule is CC(C)(CSc1cc(F)ccc1F)C(=O)NN. The Hall–Kier alpha value is -1.14. The Bertz CT molecular complexity index is 424. The number of thioether (sulfide) groups is 1. The van der Waals surface area contributed by atoms with Gasteiger partial charge in [0.15, 0.2) is 0 Å². The first-order chi connectivity index (χ1) is 7.86. The first-order valence-electron chi connectivity index (χ1n) is 4.96. The van der Waals surface area contributed by atoms with Gasteiger partial charge in [-0.25, -0.2) is 14.6 Å². The van der Waals surface area contributed by atoms with Gasteiger partial charge in [0, 0.05) is 10.6 Å². The first-order valence-corrected chi connectivity index (χ1v) is 5.94. The average Bonchev–Trinajstić information content (AvgIpc) is 2.29. The van der Waals surface area contributed by atoms with Crippen LogP contribution in [0.15, 0.2) is 23.1 Å². The lowest BCUT2D eigenvalue weighted by Gasteiger charge is -2.21. The summed E-state index contributed by atoms with van der Waals surface area (Å²) in [7, 11) is 0. The van der Waals surface area contributed by atoms with Crippen LogP contribution in [0, 0.1) is 17.0 Å². The Morgan fingerprint density at radius 3 is 2.71 bits per heavy atom. The molecule has 0 aliphatic rings. The van der Waals surface area contributed by atoms with Crippen LogP contribution in [0.2, 0.25) is 0 Å². The molecule has 6 heteroatoms. The molecule has 17 heavy (non-hydrogen) atoms. The van der Waals surface area contributed by atoms with Crippen molar-refractivity contribution >= 4 is 17.7 Å². The molecular weight excluding hydrogens is 246 g/mol. The second-order valence-corrected chi connectivity index (χ2v) is 5.24. The number of hydrogen-bond donors (Lipinski definition) is 2. The average molecular weight is 260 g/mol. The van der Waals surface area contributed by atoms with E-state index in [-0.39, 0.29) is 10.8 Å². The summed E-state index contributed by atoms with van der Waals surface area (Å²) >= 11 is 1.08. The van der Waals surface area contributed by atoms with Gasteiger partial charge in [0.1, 0.15) is 11.6 Å². The molecule has 0 unspecified atom stereocenters. The summed E-state index contributed by atoms with van der Waals surface area (Å²) in [6.07, 6.45) is 0. The van der Waals surface area contributed by atoms with Gasteiger partial charge in [0.2, 0.25) is 5.91 Å². The molecule has 0 fully saturated rings. The number of nitrogens with two attached hydrogens (primary N) is 1. The predicted molar refractivity (Wildman–Crippen MR) is 63.2 cm³/mol. The number of rotatable bonds is 4. The monoisotopic (exact) mass is 260 g/mol. The molecule has 94 valence electrons. The van der Waals surface area contributed by atoms with Crippen LogP contribution in [0.5, 0.6) is 0 Å². The highest BCUT2D eigenvalue weighted by atomic mass is 32.2. The van der Waals surface area contributed by atoms with Crippen molar-refractivity contribution in [2.45, 2.75) is 18.7 Å². The fourth-order valence-electron chi connectivity index (χ4n) is 1.11. The summed E-state index contributed by atoms with van der Waals surface area (Å²) < 4.78 is 26.2. The van der Waals surface area contributed by atoms with Crippen LogP contribution in [-0.4, -0.2) is 11.7 Å². The number of hydrogen-bond acceptors (Lipinski definition) is 3. The summed E-state index contributed by atoms with van der Waals surface area (Å²) in [5.41, 5.74) is 1.30. The smallest absolute Gasteiger partial charge is 0.240 e. The van der Waals surface area contributed by atoms with E-state index in [1.165, 1.54) is 0 Å². The Labute approximate surface area is 103 Å². The zero-order chi connectivity index (χ0) is 13.1. The van der Waals surface area contributed by atoms with Crippen molar-refractivity contribution < 1.29 is 13.6 Å². The van der Waals surface area contributed by atoms with Gasteiger partial charge in [0.05, 0.1) is 5.41 Å². The fraction of sp³-hybridized carbons (Fsp3) is 0.364. The number of amides is 1. The van der Waals surface area contributed by atoms with E-state index in [1.807, 2.05) is 5.43 Å². The van der Waals surface area contributed by atoms with E-state index < -0.39 is 17.0 Å². The standard InChI is InChI=1S/C11H14F2N2OS/c1-11(2,10(16)15-14)6-17-9-5-7(12)3-4-8(9)13/h3-5H,6,14H2,1-2H3,(H,15,16). The van der Waals surface area contributed by atoms with Gasteiger partial charge in [-0.05, 0) is 18.2 Å². The third-order valence-electron chi connectivity index (χ3n) is 2.23. The van der Waals surface area contributed by atoms with Crippen molar-refractivity contribution in [2.24, 2.45) is 11.3 Å². The van der Waals surface area contributed by atoms with Crippen molar-refractivity contribution in [3.63, 3.8) is 0 Å². The molecule has 0 atom stereocenters. The molecule has 0 saturated heterocycles. The van der Waals surface area contributed by atoms with Crippen LogP contribution >= 0.6 is 11.8 Å². The minimum Gasteiger partial charge on any atom is -0.294 e. The minimum absolute atomic E-state index is 0.183. The zero-order valence-corrected chi connectivity index (χ0v) is 10.4. The molecule has 0 aromatic heterocycles. The van der Waals surface area contributed by atoms with Crippen LogP contribution < -0.4 is 11.3 Å². The van der Waals surface area contributed by atoms with Crippen LogP contribution in [0.1, 0.15) is 13.8 Å². The van der Waals surface area contributed by atoms with Crippen molar-refractivity contribution in [2.75, 3.05) is 5.75 Å². The first kappa shape index (κ1) is 13.9. The van der Waals surface area contributed by atoms with Crippen molar-refractivity contribution in [1.82, 2.24) is 5.43 Å². The summed E-state index contributed by atoms with van der Waals surface area (Å²) in [5.74, 6) is 3.99. The normalized spacial score (nSPS) is 11.4. The van der Waals surface area contributed by atoms with Gasteiger partial charge in [-0.2, -0.15) is 0 Å².